The Kier molecular flexibility index (Phi) is 8.62. The number of benzene rings is 4. The quantitative estimate of drug-likeness (QED) is 0.162. The van der Waals surface area contributed by atoms with Crippen molar-refractivity contribution in [3.05, 3.63) is 108 Å². The van der Waals surface area contributed by atoms with E-state index >= 15 is 0 Å². The highest BCUT2D eigenvalue weighted by Crippen LogP contribution is 2.47. The Hall–Kier alpha value is -2.38. The van der Waals surface area contributed by atoms with Gasteiger partial charge < -0.3 is 0 Å². The molecule has 34 heavy (non-hydrogen) atoms. The SMILES string of the molecule is CC(=O)c1ccc(SSc2ccc(C(C)=O)cc2Sc2ccccc2)c(Sc2ccccc2)c1. The largest absolute Gasteiger partial charge is 0.295 e. The molecule has 0 heterocycles. The van der Waals surface area contributed by atoms with Crippen LogP contribution in [-0.4, -0.2) is 11.6 Å². The van der Waals surface area contributed by atoms with E-state index < -0.39 is 0 Å². The fourth-order valence-corrected chi connectivity index (χ4v) is 7.81. The van der Waals surface area contributed by atoms with E-state index in [4.69, 9.17) is 0 Å². The number of hydrogen-bond acceptors (Lipinski definition) is 6. The Morgan fingerprint density at radius 1 is 0.500 bits per heavy atom. The van der Waals surface area contributed by atoms with E-state index in [2.05, 4.69) is 24.3 Å². The Morgan fingerprint density at radius 2 is 0.882 bits per heavy atom. The van der Waals surface area contributed by atoms with Crippen LogP contribution in [0.25, 0.3) is 0 Å². The predicted molar refractivity (Wildman–Crippen MR) is 146 cm³/mol. The number of carbonyl (C=O) groups is 2. The van der Waals surface area contributed by atoms with Crippen molar-refractivity contribution in [2.75, 3.05) is 0 Å². The summed E-state index contributed by atoms with van der Waals surface area (Å²) in [6.07, 6.45) is 0. The average molecular weight is 519 g/mol. The first-order chi connectivity index (χ1) is 16.5. The van der Waals surface area contributed by atoms with Crippen LogP contribution in [0.15, 0.2) is 126 Å². The molecule has 0 N–H and O–H groups in total. The molecule has 0 unspecified atom stereocenters. The Labute approximate surface area is 216 Å². The number of carbonyl (C=O) groups excluding carboxylic acids is 2. The van der Waals surface area contributed by atoms with Crippen molar-refractivity contribution < 1.29 is 9.59 Å². The van der Waals surface area contributed by atoms with Gasteiger partial charge in [0.2, 0.25) is 0 Å². The lowest BCUT2D eigenvalue weighted by atomic mass is 10.1. The van der Waals surface area contributed by atoms with Crippen LogP contribution in [0.3, 0.4) is 0 Å². The van der Waals surface area contributed by atoms with Crippen molar-refractivity contribution in [1.29, 1.82) is 0 Å². The molecule has 0 radical (unpaired) electrons. The monoisotopic (exact) mass is 518 g/mol. The molecule has 0 fully saturated rings. The average Bonchev–Trinajstić information content (AvgIpc) is 2.85. The lowest BCUT2D eigenvalue weighted by molar-refractivity contribution is 0.100. The molecule has 4 rings (SSSR count). The molecule has 0 saturated heterocycles. The minimum absolute atomic E-state index is 0.0560. The van der Waals surface area contributed by atoms with E-state index in [0.29, 0.717) is 11.1 Å². The third-order valence-corrected chi connectivity index (χ3v) is 9.74. The molecule has 0 aliphatic rings. The third-order valence-electron chi connectivity index (χ3n) is 4.86. The molecule has 0 saturated carbocycles. The molecular weight excluding hydrogens is 497 g/mol. The first kappa shape index (κ1) is 24.7. The Morgan fingerprint density at radius 3 is 1.24 bits per heavy atom. The van der Waals surface area contributed by atoms with Gasteiger partial charge in [-0.15, -0.1) is 0 Å². The van der Waals surface area contributed by atoms with Crippen molar-refractivity contribution in [3.8, 4) is 0 Å². The Bertz CT molecular complexity index is 1200. The normalized spacial score (nSPS) is 10.8. The summed E-state index contributed by atoms with van der Waals surface area (Å²) in [5, 5.41) is 0. The van der Waals surface area contributed by atoms with Crippen LogP contribution >= 0.6 is 45.1 Å². The molecule has 0 amide bonds. The lowest BCUT2D eigenvalue weighted by Gasteiger charge is -2.13. The minimum atomic E-state index is 0.0560. The maximum atomic E-state index is 12.0. The summed E-state index contributed by atoms with van der Waals surface area (Å²) in [5.74, 6) is 0.112. The predicted octanol–water partition coefficient (Wildman–Crippen LogP) is 9.19. The Balaban J connectivity index is 1.62. The second-order valence-electron chi connectivity index (χ2n) is 7.43. The first-order valence-corrected chi connectivity index (χ1v) is 14.4. The van der Waals surface area contributed by atoms with Gasteiger partial charge in [0, 0.05) is 40.5 Å². The van der Waals surface area contributed by atoms with Gasteiger partial charge in [-0.3, -0.25) is 9.59 Å². The topological polar surface area (TPSA) is 34.1 Å². The van der Waals surface area contributed by atoms with Gasteiger partial charge >= 0.3 is 0 Å². The van der Waals surface area contributed by atoms with Crippen LogP contribution in [0.5, 0.6) is 0 Å². The summed E-state index contributed by atoms with van der Waals surface area (Å²) in [5.41, 5.74) is 1.41. The number of ketones is 2. The van der Waals surface area contributed by atoms with Gasteiger partial charge in [-0.1, -0.05) is 93.6 Å². The standard InChI is InChI=1S/C28H22O2S4/c1-19(29)21-13-15-25(27(17-21)31-23-9-5-3-6-10-23)33-34-26-16-14-22(20(2)30)18-28(26)32-24-11-7-4-8-12-24/h3-18H,1-2H3. The maximum Gasteiger partial charge on any atom is 0.159 e. The van der Waals surface area contributed by atoms with Gasteiger partial charge in [-0.2, -0.15) is 0 Å². The van der Waals surface area contributed by atoms with Crippen LogP contribution in [0, 0.1) is 0 Å². The molecule has 4 aromatic rings. The lowest BCUT2D eigenvalue weighted by Crippen LogP contribution is -1.93. The smallest absolute Gasteiger partial charge is 0.159 e. The summed E-state index contributed by atoms with van der Waals surface area (Å²) >= 11 is 3.32. The van der Waals surface area contributed by atoms with Crippen molar-refractivity contribution >= 4 is 56.7 Å². The van der Waals surface area contributed by atoms with Crippen molar-refractivity contribution in [1.82, 2.24) is 0 Å². The molecule has 0 aliphatic heterocycles. The fraction of sp³-hybridized carbons (Fsp3) is 0.0714. The molecule has 0 spiro atoms. The van der Waals surface area contributed by atoms with Gasteiger partial charge in [-0.05, 0) is 62.4 Å². The molecule has 0 bridgehead atoms. The summed E-state index contributed by atoms with van der Waals surface area (Å²) in [6, 6.07) is 32.1. The summed E-state index contributed by atoms with van der Waals surface area (Å²) in [4.78, 5) is 30.5. The van der Waals surface area contributed by atoms with Crippen LogP contribution in [0.4, 0.5) is 0 Å². The fourth-order valence-electron chi connectivity index (χ4n) is 3.07. The van der Waals surface area contributed by atoms with Crippen molar-refractivity contribution in [2.24, 2.45) is 0 Å². The highest BCUT2D eigenvalue weighted by Gasteiger charge is 2.13. The van der Waals surface area contributed by atoms with Crippen LogP contribution in [0.1, 0.15) is 34.6 Å². The van der Waals surface area contributed by atoms with Gasteiger partial charge in [0.05, 0.1) is 0 Å². The van der Waals surface area contributed by atoms with Crippen LogP contribution < -0.4 is 0 Å². The van der Waals surface area contributed by atoms with Gasteiger partial charge in [0.15, 0.2) is 11.6 Å². The molecule has 0 atom stereocenters. The van der Waals surface area contributed by atoms with Gasteiger partial charge in [0.25, 0.3) is 0 Å². The van der Waals surface area contributed by atoms with E-state index in [1.54, 1.807) is 59.0 Å². The molecule has 2 nitrogen and oxygen atoms in total. The highest BCUT2D eigenvalue weighted by atomic mass is 33.1. The van der Waals surface area contributed by atoms with Gasteiger partial charge in [-0.25, -0.2) is 0 Å². The van der Waals surface area contributed by atoms with E-state index in [9.17, 15) is 9.59 Å². The second kappa shape index (κ2) is 11.8. The zero-order chi connectivity index (χ0) is 23.9. The second-order valence-corrected chi connectivity index (χ2v) is 11.9. The first-order valence-electron chi connectivity index (χ1n) is 10.6. The van der Waals surface area contributed by atoms with Crippen LogP contribution in [-0.2, 0) is 0 Å². The van der Waals surface area contributed by atoms with E-state index in [-0.39, 0.29) is 11.6 Å². The molecule has 4 aromatic carbocycles. The third kappa shape index (κ3) is 6.60. The van der Waals surface area contributed by atoms with E-state index in [0.717, 1.165) is 29.4 Å². The molecule has 170 valence electrons. The number of rotatable bonds is 9. The van der Waals surface area contributed by atoms with Crippen molar-refractivity contribution in [3.63, 3.8) is 0 Å². The molecule has 0 aliphatic carbocycles. The van der Waals surface area contributed by atoms with E-state index in [1.807, 2.05) is 72.8 Å². The molecule has 0 aromatic heterocycles. The van der Waals surface area contributed by atoms with Gasteiger partial charge in [0.1, 0.15) is 0 Å². The van der Waals surface area contributed by atoms with Crippen molar-refractivity contribution in [2.45, 2.75) is 43.2 Å². The highest BCUT2D eigenvalue weighted by molar-refractivity contribution is 8.76. The maximum absolute atomic E-state index is 12.0. The molecule has 6 heteroatoms. The molecular formula is C28H22O2S4. The minimum Gasteiger partial charge on any atom is -0.295 e. The van der Waals surface area contributed by atoms with E-state index in [1.165, 1.54) is 0 Å². The number of hydrogen-bond donors (Lipinski definition) is 0. The summed E-state index contributed by atoms with van der Waals surface area (Å²) in [7, 11) is 3.33. The van der Waals surface area contributed by atoms with Crippen LogP contribution in [0.2, 0.25) is 0 Å². The summed E-state index contributed by atoms with van der Waals surface area (Å²) in [6.45, 7) is 3.19. The zero-order valence-electron chi connectivity index (χ0n) is 18.7. The zero-order valence-corrected chi connectivity index (χ0v) is 22.0. The summed E-state index contributed by atoms with van der Waals surface area (Å²) < 4.78 is 0. The number of Topliss-reactive ketones (excluding diaryl/α,β-unsaturated/α-hetero) is 2.